The van der Waals surface area contributed by atoms with E-state index < -0.39 is 0 Å². The Bertz CT molecular complexity index is 974. The number of nitrogens with two attached hydrogens (primary N) is 1. The zero-order chi connectivity index (χ0) is 20.4. The zero-order valence-electron chi connectivity index (χ0n) is 16.3. The second kappa shape index (κ2) is 7.96. The lowest BCUT2D eigenvalue weighted by molar-refractivity contribution is 0.445. The molecule has 8 nitrogen and oxygen atoms in total. The molecule has 1 aliphatic heterocycles. The molecule has 0 bridgehead atoms. The maximum absolute atomic E-state index is 13.4. The summed E-state index contributed by atoms with van der Waals surface area (Å²) in [6.45, 7) is 3.68. The van der Waals surface area contributed by atoms with Crippen LogP contribution < -0.4 is 21.3 Å². The smallest absolute Gasteiger partial charge is 0.223 e. The highest BCUT2D eigenvalue weighted by Gasteiger charge is 2.32. The van der Waals surface area contributed by atoms with Gasteiger partial charge in [-0.15, -0.1) is 0 Å². The van der Waals surface area contributed by atoms with Crippen LogP contribution in [-0.2, 0) is 0 Å². The molecule has 0 saturated carbocycles. The maximum Gasteiger partial charge on any atom is 0.223 e. The Balaban J connectivity index is 1.79. The van der Waals surface area contributed by atoms with Crippen molar-refractivity contribution in [3.05, 3.63) is 59.8 Å². The molecule has 1 saturated heterocycles. The number of nitrogens with one attached hydrogen (secondary N) is 2. The average molecular weight is 394 g/mol. The molecular formula is C20H23FN8. The fraction of sp³-hybridized carbons (Fsp3) is 0.300. The molecule has 0 amide bonds. The number of likely N-dealkylation sites (N-methyl/N-ethyl adjacent to an activating group) is 1. The third kappa shape index (κ3) is 3.95. The van der Waals surface area contributed by atoms with Crippen molar-refractivity contribution in [2.75, 3.05) is 36.1 Å². The molecule has 3 heterocycles. The molecule has 0 radical (unpaired) electrons. The van der Waals surface area contributed by atoms with Gasteiger partial charge in [0.1, 0.15) is 23.3 Å². The lowest BCUT2D eigenvalue weighted by atomic mass is 9.92. The molecule has 4 N–H and O–H groups in total. The second-order valence-electron chi connectivity index (χ2n) is 7.05. The molecule has 4 rings (SSSR count). The lowest BCUT2D eigenvalue weighted by Gasteiger charge is -2.41. The Morgan fingerprint density at radius 3 is 2.59 bits per heavy atom. The average Bonchev–Trinajstić information content (AvgIpc) is 2.68. The number of nitrogens with zero attached hydrogens (tertiary/aromatic N) is 5. The van der Waals surface area contributed by atoms with Gasteiger partial charge in [0.05, 0.1) is 6.20 Å². The van der Waals surface area contributed by atoms with Crippen LogP contribution in [-0.4, -0.2) is 46.1 Å². The first-order valence-electron chi connectivity index (χ1n) is 9.43. The minimum absolute atomic E-state index is 0.0981. The van der Waals surface area contributed by atoms with Gasteiger partial charge in [-0.1, -0.05) is 19.1 Å². The molecule has 1 aromatic carbocycles. The van der Waals surface area contributed by atoms with E-state index in [9.17, 15) is 4.39 Å². The van der Waals surface area contributed by atoms with Crippen molar-refractivity contribution in [2.24, 2.45) is 0 Å². The minimum Gasteiger partial charge on any atom is -0.368 e. The maximum atomic E-state index is 13.4. The van der Waals surface area contributed by atoms with E-state index in [0.717, 1.165) is 30.0 Å². The van der Waals surface area contributed by atoms with Gasteiger partial charge in [0.2, 0.25) is 5.95 Å². The highest BCUT2D eigenvalue weighted by Crippen LogP contribution is 2.38. The van der Waals surface area contributed by atoms with Crippen LogP contribution in [0, 0.1) is 5.82 Å². The SMILES string of the molecule is CNC1CN(c2nc(N)nc(Nc3cnccn3)c2C(C)c2ccc(F)cc2)C1. The molecule has 1 atom stereocenters. The number of rotatable bonds is 6. The predicted octanol–water partition coefficient (Wildman–Crippen LogP) is 2.29. The predicted molar refractivity (Wildman–Crippen MR) is 111 cm³/mol. The molecular weight excluding hydrogens is 371 g/mol. The van der Waals surface area contributed by atoms with Crippen molar-refractivity contribution >= 4 is 23.4 Å². The molecule has 150 valence electrons. The fourth-order valence-corrected chi connectivity index (χ4v) is 3.45. The van der Waals surface area contributed by atoms with Crippen molar-refractivity contribution in [1.82, 2.24) is 25.3 Å². The van der Waals surface area contributed by atoms with Gasteiger partial charge in [-0.05, 0) is 24.7 Å². The summed E-state index contributed by atoms with van der Waals surface area (Å²) < 4.78 is 13.4. The number of aromatic nitrogens is 4. The van der Waals surface area contributed by atoms with Crippen molar-refractivity contribution in [3.63, 3.8) is 0 Å². The second-order valence-corrected chi connectivity index (χ2v) is 7.05. The van der Waals surface area contributed by atoms with E-state index in [4.69, 9.17) is 5.73 Å². The minimum atomic E-state index is -0.271. The van der Waals surface area contributed by atoms with Crippen molar-refractivity contribution < 1.29 is 4.39 Å². The van der Waals surface area contributed by atoms with Crippen molar-refractivity contribution in [1.29, 1.82) is 0 Å². The third-order valence-electron chi connectivity index (χ3n) is 5.14. The van der Waals surface area contributed by atoms with Crippen LogP contribution in [0.3, 0.4) is 0 Å². The van der Waals surface area contributed by atoms with E-state index in [2.05, 4.69) is 35.5 Å². The zero-order valence-corrected chi connectivity index (χ0v) is 16.3. The van der Waals surface area contributed by atoms with Crippen LogP contribution >= 0.6 is 0 Å². The summed E-state index contributed by atoms with van der Waals surface area (Å²) in [5, 5.41) is 6.49. The number of benzene rings is 1. The van der Waals surface area contributed by atoms with E-state index in [1.807, 2.05) is 14.0 Å². The molecule has 9 heteroatoms. The van der Waals surface area contributed by atoms with E-state index in [1.165, 1.54) is 12.1 Å². The molecule has 0 aliphatic carbocycles. The van der Waals surface area contributed by atoms with Gasteiger partial charge in [0.25, 0.3) is 0 Å². The van der Waals surface area contributed by atoms with E-state index in [-0.39, 0.29) is 17.7 Å². The standard InChI is InChI=1S/C20H23FN8/c1-12(13-3-5-14(21)6-4-13)17-18(26-16-9-24-7-8-25-16)27-20(22)28-19(17)29-10-15(11-29)23-2/h3-9,12,15,23H,10-11H2,1-2H3,(H3,22,25,26,27,28). The Morgan fingerprint density at radius 1 is 1.17 bits per heavy atom. The molecule has 2 aromatic heterocycles. The van der Waals surface area contributed by atoms with Crippen LogP contribution in [0.1, 0.15) is 24.0 Å². The van der Waals surface area contributed by atoms with Gasteiger partial charge in [0.15, 0.2) is 0 Å². The number of halogens is 1. The van der Waals surface area contributed by atoms with Gasteiger partial charge < -0.3 is 21.3 Å². The van der Waals surface area contributed by atoms with Gasteiger partial charge in [-0.2, -0.15) is 9.97 Å². The quantitative estimate of drug-likeness (QED) is 0.585. The monoisotopic (exact) mass is 394 g/mol. The first-order chi connectivity index (χ1) is 14.0. The van der Waals surface area contributed by atoms with Crippen molar-refractivity contribution in [2.45, 2.75) is 18.9 Å². The largest absolute Gasteiger partial charge is 0.368 e. The molecule has 3 aromatic rings. The van der Waals surface area contributed by atoms with Gasteiger partial charge in [-0.25, -0.2) is 9.37 Å². The van der Waals surface area contributed by atoms with Crippen molar-refractivity contribution in [3.8, 4) is 0 Å². The third-order valence-corrected chi connectivity index (χ3v) is 5.14. The summed E-state index contributed by atoms with van der Waals surface area (Å²) >= 11 is 0. The normalized spacial score (nSPS) is 15.1. The number of hydrogen-bond acceptors (Lipinski definition) is 8. The van der Waals surface area contributed by atoms with Gasteiger partial charge >= 0.3 is 0 Å². The molecule has 0 spiro atoms. The molecule has 1 fully saturated rings. The van der Waals surface area contributed by atoms with Crippen LogP contribution in [0.4, 0.5) is 27.8 Å². The van der Waals surface area contributed by atoms with Crippen LogP contribution in [0.15, 0.2) is 42.9 Å². The summed E-state index contributed by atoms with van der Waals surface area (Å²) in [5.41, 5.74) is 7.87. The van der Waals surface area contributed by atoms with Gasteiger partial charge in [-0.3, -0.25) is 4.98 Å². The lowest BCUT2D eigenvalue weighted by Crippen LogP contribution is -2.57. The molecule has 1 unspecified atom stereocenters. The van der Waals surface area contributed by atoms with Crippen LogP contribution in [0.5, 0.6) is 0 Å². The Hall–Kier alpha value is -3.33. The summed E-state index contributed by atoms with van der Waals surface area (Å²) in [6, 6.07) is 6.87. The number of hydrogen-bond donors (Lipinski definition) is 3. The van der Waals surface area contributed by atoms with Gasteiger partial charge in [0, 0.05) is 43.0 Å². The van der Waals surface area contributed by atoms with E-state index in [0.29, 0.717) is 17.7 Å². The summed E-state index contributed by atoms with van der Waals surface area (Å²) in [4.78, 5) is 19.5. The van der Waals surface area contributed by atoms with E-state index >= 15 is 0 Å². The van der Waals surface area contributed by atoms with Crippen LogP contribution in [0.2, 0.25) is 0 Å². The Labute approximate surface area is 168 Å². The highest BCUT2D eigenvalue weighted by molar-refractivity contribution is 5.69. The highest BCUT2D eigenvalue weighted by atomic mass is 19.1. The molecule has 29 heavy (non-hydrogen) atoms. The Morgan fingerprint density at radius 2 is 1.93 bits per heavy atom. The summed E-state index contributed by atoms with van der Waals surface area (Å²) in [5.74, 6) is 1.70. The topological polar surface area (TPSA) is 105 Å². The first kappa shape index (κ1) is 19.0. The van der Waals surface area contributed by atoms with E-state index in [1.54, 1.807) is 30.7 Å². The molecule has 1 aliphatic rings. The number of nitrogen functional groups attached to an aromatic ring is 1. The number of anilines is 4. The van der Waals surface area contributed by atoms with Crippen LogP contribution in [0.25, 0.3) is 0 Å². The summed E-state index contributed by atoms with van der Waals surface area (Å²) in [7, 11) is 1.94. The summed E-state index contributed by atoms with van der Waals surface area (Å²) in [6.07, 6.45) is 4.82. The first-order valence-corrected chi connectivity index (χ1v) is 9.43. The fourth-order valence-electron chi connectivity index (χ4n) is 3.45. The Kier molecular flexibility index (Phi) is 5.22.